The number of carbonyl (C=O) groups excluding carboxylic acids is 1. The molecule has 1 aromatic carbocycles. The predicted molar refractivity (Wildman–Crippen MR) is 121 cm³/mol. The summed E-state index contributed by atoms with van der Waals surface area (Å²) in [6.07, 6.45) is 1.96. The molecule has 1 aliphatic rings. The molecule has 3 aromatic rings. The van der Waals surface area contributed by atoms with Crippen LogP contribution in [0.5, 0.6) is 0 Å². The first kappa shape index (κ1) is 21.0. The molecule has 2 aromatic heterocycles. The summed E-state index contributed by atoms with van der Waals surface area (Å²) in [6.45, 7) is 4.81. The number of amides is 1. The Hall–Kier alpha value is -3.22. The number of benzene rings is 1. The molecule has 1 aliphatic heterocycles. The van der Waals surface area contributed by atoms with Crippen LogP contribution in [0, 0.1) is 25.2 Å². The maximum atomic E-state index is 12.7. The Labute approximate surface area is 189 Å². The molecule has 0 saturated carbocycles. The van der Waals surface area contributed by atoms with Gasteiger partial charge in [0, 0.05) is 35.4 Å². The molecular weight excluding hydrogens is 434 g/mol. The number of nitriles is 1. The lowest BCUT2D eigenvalue weighted by molar-refractivity contribution is 0.0879. The number of rotatable bonds is 6. The van der Waals surface area contributed by atoms with Gasteiger partial charge in [0.1, 0.15) is 10.8 Å². The molecule has 0 unspecified atom stereocenters. The van der Waals surface area contributed by atoms with E-state index in [2.05, 4.69) is 31.0 Å². The second-order valence-corrected chi connectivity index (χ2v) is 8.83. The van der Waals surface area contributed by atoms with Crippen molar-refractivity contribution < 1.29 is 4.79 Å². The average Bonchev–Trinajstić information content (AvgIpc) is 3.12. The average molecular weight is 454 g/mol. The lowest BCUT2D eigenvalue weighted by Gasteiger charge is -2.50. The Kier molecular flexibility index (Phi) is 5.76. The van der Waals surface area contributed by atoms with Crippen LogP contribution in [0.1, 0.15) is 28.0 Å². The van der Waals surface area contributed by atoms with Crippen molar-refractivity contribution in [2.45, 2.75) is 25.8 Å². The van der Waals surface area contributed by atoms with Crippen molar-refractivity contribution in [3.05, 3.63) is 58.4 Å². The van der Waals surface area contributed by atoms with Gasteiger partial charge >= 0.3 is 0 Å². The van der Waals surface area contributed by atoms with Crippen molar-refractivity contribution >= 4 is 45.8 Å². The van der Waals surface area contributed by atoms with Crippen molar-refractivity contribution in [1.29, 1.82) is 5.26 Å². The van der Waals surface area contributed by atoms with Crippen molar-refractivity contribution in [3.63, 3.8) is 0 Å². The van der Waals surface area contributed by atoms with Gasteiger partial charge in [-0.15, -0.1) is 0 Å². The van der Waals surface area contributed by atoms with Crippen LogP contribution in [0.25, 0.3) is 0 Å². The first-order chi connectivity index (χ1) is 14.9. The van der Waals surface area contributed by atoms with E-state index in [0.717, 1.165) is 22.1 Å². The fraction of sp³-hybridized carbons (Fsp3) is 0.286. The number of nitrogens with zero attached hydrogens (tertiary/aromatic N) is 5. The molecule has 3 heterocycles. The fourth-order valence-corrected chi connectivity index (χ4v) is 4.35. The molecule has 31 heavy (non-hydrogen) atoms. The van der Waals surface area contributed by atoms with E-state index in [9.17, 15) is 10.1 Å². The first-order valence-electron chi connectivity index (χ1n) is 9.61. The van der Waals surface area contributed by atoms with E-state index >= 15 is 0 Å². The Balaban J connectivity index is 1.49. The molecule has 2 N–H and O–H groups in total. The van der Waals surface area contributed by atoms with Crippen molar-refractivity contribution in [3.8, 4) is 6.07 Å². The third kappa shape index (κ3) is 4.60. The molecule has 1 amide bonds. The zero-order chi connectivity index (χ0) is 22.0. The standard InChI is InChI=1S/C21H20ClN7OS/c1-13-10-24-20(25-17-8-14(2)28-31-17)26-18(13)29-11-21(12-29,6-7-23)27-19(30)15-4-3-5-16(22)9-15/h3-5,8-10H,6,11-12H2,1-2H3,(H,27,30)(H,24,25,26). The van der Waals surface area contributed by atoms with Gasteiger partial charge in [-0.2, -0.15) is 14.6 Å². The Bertz CT molecular complexity index is 1170. The Morgan fingerprint density at radius 2 is 2.16 bits per heavy atom. The van der Waals surface area contributed by atoms with Crippen molar-refractivity contribution in [2.75, 3.05) is 23.3 Å². The SMILES string of the molecule is Cc1cc(Nc2ncc(C)c(N3CC(CC#N)(NC(=O)c4cccc(Cl)c4)C3)n2)sn1. The van der Waals surface area contributed by atoms with E-state index in [1.165, 1.54) is 11.5 Å². The van der Waals surface area contributed by atoms with Gasteiger partial charge in [-0.3, -0.25) is 4.79 Å². The van der Waals surface area contributed by atoms with Crippen molar-refractivity contribution in [2.24, 2.45) is 0 Å². The minimum Gasteiger partial charge on any atom is -0.351 e. The quantitative estimate of drug-likeness (QED) is 0.583. The van der Waals surface area contributed by atoms with E-state index in [0.29, 0.717) is 29.6 Å². The maximum Gasteiger partial charge on any atom is 0.251 e. The number of aromatic nitrogens is 3. The van der Waals surface area contributed by atoms with Crippen LogP contribution in [0.4, 0.5) is 16.8 Å². The number of anilines is 3. The molecule has 0 radical (unpaired) electrons. The van der Waals surface area contributed by atoms with E-state index in [1.807, 2.05) is 24.8 Å². The summed E-state index contributed by atoms with van der Waals surface area (Å²) in [5, 5.41) is 16.9. The molecule has 0 bridgehead atoms. The maximum absolute atomic E-state index is 12.7. The summed E-state index contributed by atoms with van der Waals surface area (Å²) in [6, 6.07) is 10.9. The van der Waals surface area contributed by atoms with Gasteiger partial charge in [-0.1, -0.05) is 17.7 Å². The second-order valence-electron chi connectivity index (χ2n) is 7.59. The summed E-state index contributed by atoms with van der Waals surface area (Å²) < 4.78 is 4.25. The van der Waals surface area contributed by atoms with E-state index in [1.54, 1.807) is 30.5 Å². The number of hydrogen-bond donors (Lipinski definition) is 2. The predicted octanol–water partition coefficient (Wildman–Crippen LogP) is 3.85. The molecule has 1 saturated heterocycles. The minimum atomic E-state index is -0.645. The van der Waals surface area contributed by atoms with Crippen LogP contribution < -0.4 is 15.5 Å². The third-order valence-corrected chi connectivity index (χ3v) is 6.01. The van der Waals surface area contributed by atoms with Gasteiger partial charge in [-0.25, -0.2) is 4.98 Å². The second kappa shape index (κ2) is 8.49. The molecule has 0 atom stereocenters. The highest BCUT2D eigenvalue weighted by Crippen LogP contribution is 2.32. The zero-order valence-corrected chi connectivity index (χ0v) is 18.6. The number of aryl methyl sites for hydroxylation is 2. The first-order valence-corrected chi connectivity index (χ1v) is 10.8. The van der Waals surface area contributed by atoms with Crippen LogP contribution in [0.3, 0.4) is 0 Å². The molecule has 0 spiro atoms. The van der Waals surface area contributed by atoms with Gasteiger partial charge in [0.05, 0.1) is 23.7 Å². The third-order valence-electron chi connectivity index (χ3n) is 4.98. The van der Waals surface area contributed by atoms with E-state index in [4.69, 9.17) is 11.6 Å². The van der Waals surface area contributed by atoms with E-state index in [-0.39, 0.29) is 12.3 Å². The summed E-state index contributed by atoms with van der Waals surface area (Å²) in [5.41, 5.74) is 1.67. The van der Waals surface area contributed by atoms with Gasteiger partial charge in [0.2, 0.25) is 5.95 Å². The summed E-state index contributed by atoms with van der Waals surface area (Å²) >= 11 is 7.35. The van der Waals surface area contributed by atoms with Crippen LogP contribution in [0.15, 0.2) is 36.5 Å². The highest BCUT2D eigenvalue weighted by Gasteiger charge is 2.45. The van der Waals surface area contributed by atoms with E-state index < -0.39 is 5.54 Å². The monoisotopic (exact) mass is 453 g/mol. The molecule has 8 nitrogen and oxygen atoms in total. The number of hydrogen-bond acceptors (Lipinski definition) is 8. The van der Waals surface area contributed by atoms with Crippen molar-refractivity contribution in [1.82, 2.24) is 19.7 Å². The summed E-state index contributed by atoms with van der Waals surface area (Å²) in [5.74, 6) is 0.994. The van der Waals surface area contributed by atoms with Crippen LogP contribution in [0.2, 0.25) is 5.02 Å². The smallest absolute Gasteiger partial charge is 0.251 e. The minimum absolute atomic E-state index is 0.200. The molecular formula is C21H20ClN7OS. The highest BCUT2D eigenvalue weighted by molar-refractivity contribution is 7.10. The molecule has 158 valence electrons. The summed E-state index contributed by atoms with van der Waals surface area (Å²) in [4.78, 5) is 23.7. The number of carbonyl (C=O) groups is 1. The number of halogens is 1. The van der Waals surface area contributed by atoms with Crippen LogP contribution >= 0.6 is 23.1 Å². The highest BCUT2D eigenvalue weighted by atomic mass is 35.5. The molecule has 10 heteroatoms. The lowest BCUT2D eigenvalue weighted by atomic mass is 9.86. The normalized spacial score (nSPS) is 14.5. The van der Waals surface area contributed by atoms with Gasteiger partial charge < -0.3 is 15.5 Å². The van der Waals surface area contributed by atoms with Gasteiger partial charge in [0.15, 0.2) is 0 Å². The number of nitrogens with one attached hydrogen (secondary N) is 2. The molecule has 0 aliphatic carbocycles. The van der Waals surface area contributed by atoms with Crippen LogP contribution in [-0.2, 0) is 0 Å². The Morgan fingerprint density at radius 3 is 2.84 bits per heavy atom. The molecule has 1 fully saturated rings. The Morgan fingerprint density at radius 1 is 1.35 bits per heavy atom. The van der Waals surface area contributed by atoms with Gasteiger partial charge in [0.25, 0.3) is 5.91 Å². The topological polar surface area (TPSA) is 107 Å². The fourth-order valence-electron chi connectivity index (χ4n) is 3.51. The summed E-state index contributed by atoms with van der Waals surface area (Å²) in [7, 11) is 0. The zero-order valence-electron chi connectivity index (χ0n) is 17.0. The lowest BCUT2D eigenvalue weighted by Crippen LogP contribution is -2.70. The van der Waals surface area contributed by atoms with Crippen LogP contribution in [-0.4, -0.2) is 38.9 Å². The largest absolute Gasteiger partial charge is 0.351 e. The molecule has 4 rings (SSSR count). The van der Waals surface area contributed by atoms with Gasteiger partial charge in [-0.05, 0) is 49.6 Å².